The third-order valence-corrected chi connectivity index (χ3v) is 6.92. The molecule has 39 heavy (non-hydrogen) atoms. The zero-order valence-corrected chi connectivity index (χ0v) is 21.3. The molecule has 4 heterocycles. The van der Waals surface area contributed by atoms with Crippen molar-refractivity contribution in [2.75, 3.05) is 36.1 Å². The Bertz CT molecular complexity index is 1430. The van der Waals surface area contributed by atoms with Crippen LogP contribution in [-0.4, -0.2) is 69.7 Å². The van der Waals surface area contributed by atoms with Crippen LogP contribution in [-0.2, 0) is 4.79 Å². The van der Waals surface area contributed by atoms with Crippen LogP contribution < -0.4 is 21.1 Å². The highest BCUT2D eigenvalue weighted by Crippen LogP contribution is 2.31. The summed E-state index contributed by atoms with van der Waals surface area (Å²) in [7, 11) is 0. The molecule has 12 nitrogen and oxygen atoms in total. The molecule has 1 unspecified atom stereocenters. The molecule has 1 saturated heterocycles. The smallest absolute Gasteiger partial charge is 0.341 e. The second-order valence-electron chi connectivity index (χ2n) is 9.68. The van der Waals surface area contributed by atoms with Crippen molar-refractivity contribution < 1.29 is 18.4 Å². The van der Waals surface area contributed by atoms with E-state index in [1.165, 1.54) is 16.1 Å². The zero-order valence-electron chi connectivity index (χ0n) is 21.3. The minimum absolute atomic E-state index is 0.0571. The number of benzene rings is 1. The molecule has 3 aliphatic heterocycles. The van der Waals surface area contributed by atoms with Gasteiger partial charge in [-0.05, 0) is 43.7 Å². The van der Waals surface area contributed by atoms with Crippen LogP contribution in [0.15, 0.2) is 41.3 Å². The van der Waals surface area contributed by atoms with Gasteiger partial charge in [-0.1, -0.05) is 0 Å². The van der Waals surface area contributed by atoms with Crippen LogP contribution in [0.25, 0.3) is 0 Å². The maximum absolute atomic E-state index is 14.7. The number of urea groups is 1. The summed E-state index contributed by atoms with van der Waals surface area (Å²) in [6.45, 7) is 4.67. The number of carbonyl (C=O) groups is 2. The average molecular weight is 537 g/mol. The molecule has 3 amide bonds. The Morgan fingerprint density at radius 1 is 1.21 bits per heavy atom. The van der Waals surface area contributed by atoms with Crippen LogP contribution >= 0.6 is 0 Å². The van der Waals surface area contributed by atoms with Crippen LogP contribution in [0.5, 0.6) is 0 Å². The number of hydrogen-bond donors (Lipinski definition) is 2. The van der Waals surface area contributed by atoms with Gasteiger partial charge < -0.3 is 15.5 Å². The number of aromatic nitrogens is 2. The van der Waals surface area contributed by atoms with Gasteiger partial charge in [0.1, 0.15) is 11.4 Å². The van der Waals surface area contributed by atoms with Crippen molar-refractivity contribution in [1.29, 1.82) is 5.26 Å². The standard InChI is InChI=1S/C25H26F2N10O2/c1-15-12-25(2,22(29)38)33-36(15)21-19(27)14-30-23(32-21)34-5-7-35(8-6-34)24(39)37-20(3-4-31-37)17-9-16(13-28)10-18(26)11-17/h4,9-12,14,20,33H,3,5-8H2,1-2H3,(H2,29,38)/t20?,25-/m0/s1. The monoisotopic (exact) mass is 536 g/mol. The number of halogens is 2. The minimum Gasteiger partial charge on any atom is -0.368 e. The summed E-state index contributed by atoms with van der Waals surface area (Å²) < 4.78 is 28.7. The molecule has 202 valence electrons. The number of rotatable bonds is 4. The largest absolute Gasteiger partial charge is 0.368 e. The van der Waals surface area contributed by atoms with Crippen LogP contribution in [0.4, 0.5) is 25.3 Å². The molecule has 1 aromatic carbocycles. The van der Waals surface area contributed by atoms with Gasteiger partial charge in [0.15, 0.2) is 11.6 Å². The number of nitrogens with two attached hydrogens (primary N) is 1. The van der Waals surface area contributed by atoms with Crippen molar-refractivity contribution in [2.45, 2.75) is 31.8 Å². The maximum atomic E-state index is 14.7. The molecule has 2 atom stereocenters. The van der Waals surface area contributed by atoms with Crippen molar-refractivity contribution in [1.82, 2.24) is 25.3 Å². The van der Waals surface area contributed by atoms with Gasteiger partial charge in [-0.25, -0.2) is 29.0 Å². The lowest BCUT2D eigenvalue weighted by Crippen LogP contribution is -2.54. The summed E-state index contributed by atoms with van der Waals surface area (Å²) in [6, 6.07) is 5.07. The molecular weight excluding hydrogens is 510 g/mol. The molecule has 3 aliphatic rings. The van der Waals surface area contributed by atoms with E-state index in [-0.39, 0.29) is 23.4 Å². The number of nitrogens with one attached hydrogen (secondary N) is 1. The van der Waals surface area contributed by atoms with Crippen molar-refractivity contribution in [3.05, 3.63) is 58.9 Å². The zero-order chi connectivity index (χ0) is 27.9. The quantitative estimate of drug-likeness (QED) is 0.601. The fourth-order valence-corrected chi connectivity index (χ4v) is 4.83. The van der Waals surface area contributed by atoms with Crippen LogP contribution in [0.2, 0.25) is 0 Å². The van der Waals surface area contributed by atoms with Gasteiger partial charge in [-0.15, -0.1) is 0 Å². The summed E-state index contributed by atoms with van der Waals surface area (Å²) in [5.74, 6) is -1.65. The summed E-state index contributed by atoms with van der Waals surface area (Å²) in [6.07, 6.45) is 4.65. The molecule has 3 N–H and O–H groups in total. The number of nitriles is 1. The predicted octanol–water partition coefficient (Wildman–Crippen LogP) is 1.77. The van der Waals surface area contributed by atoms with Gasteiger partial charge in [0.25, 0.3) is 0 Å². The Labute approximate surface area is 223 Å². The molecule has 14 heteroatoms. The number of hydrazone groups is 1. The molecule has 0 saturated carbocycles. The molecule has 0 bridgehead atoms. The fourth-order valence-electron chi connectivity index (χ4n) is 4.83. The highest BCUT2D eigenvalue weighted by atomic mass is 19.1. The lowest BCUT2D eigenvalue weighted by atomic mass is 10.0. The number of piperazine rings is 1. The normalized spacial score (nSPS) is 22.7. The number of allylic oxidation sites excluding steroid dienone is 1. The van der Waals surface area contributed by atoms with Gasteiger partial charge >= 0.3 is 6.03 Å². The fraction of sp³-hybridized carbons (Fsp3) is 0.360. The Morgan fingerprint density at radius 3 is 2.62 bits per heavy atom. The first-order valence-corrected chi connectivity index (χ1v) is 12.3. The van der Waals surface area contributed by atoms with Gasteiger partial charge in [0.2, 0.25) is 11.9 Å². The van der Waals surface area contributed by atoms with E-state index in [0.717, 1.165) is 12.3 Å². The second kappa shape index (κ2) is 9.91. The number of hydrazine groups is 1. The number of nitrogens with zero attached hydrogens (tertiary/aromatic N) is 8. The Morgan fingerprint density at radius 2 is 1.95 bits per heavy atom. The predicted molar refractivity (Wildman–Crippen MR) is 137 cm³/mol. The van der Waals surface area contributed by atoms with Gasteiger partial charge in [-0.3, -0.25) is 9.80 Å². The molecule has 1 fully saturated rings. The van der Waals surface area contributed by atoms with Gasteiger partial charge in [-0.2, -0.15) is 15.3 Å². The van der Waals surface area contributed by atoms with Crippen LogP contribution in [0.3, 0.4) is 0 Å². The first kappa shape index (κ1) is 26.0. The van der Waals surface area contributed by atoms with E-state index in [9.17, 15) is 23.6 Å². The number of amides is 3. The summed E-state index contributed by atoms with van der Waals surface area (Å²) in [5.41, 5.74) is 8.40. The van der Waals surface area contributed by atoms with E-state index in [1.807, 2.05) is 11.0 Å². The number of hydrogen-bond acceptors (Lipinski definition) is 9. The van der Waals surface area contributed by atoms with Crippen molar-refractivity contribution in [3.63, 3.8) is 0 Å². The van der Waals surface area contributed by atoms with E-state index in [4.69, 9.17) is 5.73 Å². The number of primary amides is 1. The lowest BCUT2D eigenvalue weighted by molar-refractivity contribution is -0.121. The van der Waals surface area contributed by atoms with E-state index >= 15 is 0 Å². The minimum atomic E-state index is -1.19. The highest BCUT2D eigenvalue weighted by Gasteiger charge is 2.39. The molecule has 0 radical (unpaired) electrons. The van der Waals surface area contributed by atoms with E-state index in [1.54, 1.807) is 37.1 Å². The van der Waals surface area contributed by atoms with Gasteiger partial charge in [0.05, 0.1) is 23.9 Å². The first-order chi connectivity index (χ1) is 18.6. The first-order valence-electron chi connectivity index (χ1n) is 12.3. The van der Waals surface area contributed by atoms with E-state index in [2.05, 4.69) is 20.5 Å². The second-order valence-corrected chi connectivity index (χ2v) is 9.68. The molecule has 5 rings (SSSR count). The Balaban J connectivity index is 1.27. The topological polar surface area (TPSA) is 147 Å². The van der Waals surface area contributed by atoms with Crippen LogP contribution in [0.1, 0.15) is 37.4 Å². The van der Waals surface area contributed by atoms with Crippen molar-refractivity contribution in [3.8, 4) is 6.07 Å². The van der Waals surface area contributed by atoms with E-state index in [0.29, 0.717) is 43.9 Å². The molecule has 0 aliphatic carbocycles. The molecular formula is C25H26F2N10O2. The summed E-state index contributed by atoms with van der Waals surface area (Å²) >= 11 is 0. The summed E-state index contributed by atoms with van der Waals surface area (Å²) in [5, 5.41) is 16.1. The third-order valence-electron chi connectivity index (χ3n) is 6.92. The van der Waals surface area contributed by atoms with Crippen molar-refractivity contribution >= 4 is 29.9 Å². The lowest BCUT2D eigenvalue weighted by Gasteiger charge is -2.37. The molecule has 0 spiro atoms. The third kappa shape index (κ3) is 4.84. The SMILES string of the molecule is CC1=C[C@@](C)(C(N)=O)NN1c1nc(N2CCN(C(=O)N3N=CCC3c3cc(F)cc(C#N)c3)CC2)ncc1F. The van der Waals surface area contributed by atoms with Gasteiger partial charge in [0, 0.05) is 44.5 Å². The Kier molecular flexibility index (Phi) is 6.61. The molecule has 1 aromatic heterocycles. The summed E-state index contributed by atoms with van der Waals surface area (Å²) in [4.78, 5) is 37.1. The molecule has 2 aromatic rings. The highest BCUT2D eigenvalue weighted by molar-refractivity contribution is 5.88. The van der Waals surface area contributed by atoms with Crippen LogP contribution in [0, 0.1) is 23.0 Å². The number of carbonyl (C=O) groups excluding carboxylic acids is 2. The number of anilines is 2. The van der Waals surface area contributed by atoms with Crippen molar-refractivity contribution in [2.24, 2.45) is 10.8 Å². The average Bonchev–Trinajstić information content (AvgIpc) is 3.53. The maximum Gasteiger partial charge on any atom is 0.341 e. The Hall–Kier alpha value is -4.64. The van der Waals surface area contributed by atoms with E-state index < -0.39 is 29.1 Å².